The van der Waals surface area contributed by atoms with Crippen LogP contribution in [0.4, 0.5) is 5.69 Å². The smallest absolute Gasteiger partial charge is 0.255 e. The summed E-state index contributed by atoms with van der Waals surface area (Å²) >= 11 is 0. The third-order valence-corrected chi connectivity index (χ3v) is 5.46. The number of para-hydroxylation sites is 2. The molecule has 1 heterocycles. The third-order valence-electron chi connectivity index (χ3n) is 5.46. The summed E-state index contributed by atoms with van der Waals surface area (Å²) in [7, 11) is 0. The van der Waals surface area contributed by atoms with Gasteiger partial charge in [-0.2, -0.15) is 5.10 Å². The first-order valence-electron chi connectivity index (χ1n) is 10.8. The van der Waals surface area contributed by atoms with Crippen LogP contribution in [-0.4, -0.2) is 28.1 Å². The summed E-state index contributed by atoms with van der Waals surface area (Å²) in [4.78, 5) is 25.6. The topological polar surface area (TPSA) is 76.0 Å². The predicted molar refractivity (Wildman–Crippen MR) is 131 cm³/mol. The summed E-state index contributed by atoms with van der Waals surface area (Å²) < 4.78 is 1.68. The lowest BCUT2D eigenvalue weighted by atomic mass is 10.1. The summed E-state index contributed by atoms with van der Waals surface area (Å²) in [6.07, 6.45) is 1.70. The van der Waals surface area contributed by atoms with Crippen molar-refractivity contribution < 1.29 is 9.59 Å². The van der Waals surface area contributed by atoms with Crippen molar-refractivity contribution in [2.24, 2.45) is 0 Å². The standard InChI is InChI=1S/C27H26N4O2/c1-18-12-14-21(15-13-18)26-23(17-31(30-26)22-10-5-4-6-11-22)27(33)28-16-24(32)29-25-19(2)8-7-9-20(25)3/h4-15,17H,16H2,1-3H3,(H,28,33)(H,29,32). The summed E-state index contributed by atoms with van der Waals surface area (Å²) in [5, 5.41) is 10.3. The molecule has 0 radical (unpaired) electrons. The molecule has 6 nitrogen and oxygen atoms in total. The van der Waals surface area contributed by atoms with Crippen LogP contribution < -0.4 is 10.6 Å². The van der Waals surface area contributed by atoms with Crippen LogP contribution in [0.5, 0.6) is 0 Å². The maximum atomic E-state index is 13.1. The Bertz CT molecular complexity index is 1270. The van der Waals surface area contributed by atoms with Crippen molar-refractivity contribution in [3.8, 4) is 16.9 Å². The van der Waals surface area contributed by atoms with E-state index in [0.717, 1.165) is 33.6 Å². The fourth-order valence-electron chi connectivity index (χ4n) is 3.63. The van der Waals surface area contributed by atoms with Crippen LogP contribution in [0.15, 0.2) is 79.0 Å². The number of benzene rings is 3. The SMILES string of the molecule is Cc1ccc(-c2nn(-c3ccccc3)cc2C(=O)NCC(=O)Nc2c(C)cccc2C)cc1. The summed E-state index contributed by atoms with van der Waals surface area (Å²) in [5.41, 5.74) is 6.48. The third kappa shape index (κ3) is 5.01. The normalized spacial score (nSPS) is 10.6. The molecule has 0 aliphatic heterocycles. The number of hydrogen-bond acceptors (Lipinski definition) is 3. The van der Waals surface area contributed by atoms with Crippen LogP contribution in [0.25, 0.3) is 16.9 Å². The first-order valence-corrected chi connectivity index (χ1v) is 10.8. The first-order chi connectivity index (χ1) is 15.9. The number of rotatable bonds is 6. The second kappa shape index (κ2) is 9.53. The molecule has 6 heteroatoms. The van der Waals surface area contributed by atoms with Gasteiger partial charge in [0.2, 0.25) is 5.91 Å². The van der Waals surface area contributed by atoms with Crippen molar-refractivity contribution in [1.29, 1.82) is 0 Å². The second-order valence-corrected chi connectivity index (χ2v) is 8.04. The Hall–Kier alpha value is -4.19. The Kier molecular flexibility index (Phi) is 6.36. The zero-order valence-corrected chi connectivity index (χ0v) is 18.9. The molecule has 0 saturated heterocycles. The minimum absolute atomic E-state index is 0.142. The van der Waals surface area contributed by atoms with Crippen LogP contribution in [0.3, 0.4) is 0 Å². The molecule has 0 aliphatic rings. The van der Waals surface area contributed by atoms with E-state index >= 15 is 0 Å². The lowest BCUT2D eigenvalue weighted by Crippen LogP contribution is -2.33. The molecular formula is C27H26N4O2. The van der Waals surface area contributed by atoms with Gasteiger partial charge in [-0.1, -0.05) is 66.2 Å². The quantitative estimate of drug-likeness (QED) is 0.453. The monoisotopic (exact) mass is 438 g/mol. The Morgan fingerprint density at radius 3 is 2.18 bits per heavy atom. The van der Waals surface area contributed by atoms with Crippen LogP contribution in [-0.2, 0) is 4.79 Å². The number of anilines is 1. The van der Waals surface area contributed by atoms with Gasteiger partial charge >= 0.3 is 0 Å². The largest absolute Gasteiger partial charge is 0.343 e. The molecule has 3 aromatic carbocycles. The molecule has 0 atom stereocenters. The number of aryl methyl sites for hydroxylation is 3. The van der Waals surface area contributed by atoms with Crippen molar-refractivity contribution in [3.05, 3.63) is 101 Å². The van der Waals surface area contributed by atoms with Gasteiger partial charge in [-0.3, -0.25) is 9.59 Å². The molecule has 0 aliphatic carbocycles. The molecule has 0 spiro atoms. The van der Waals surface area contributed by atoms with Crippen molar-refractivity contribution in [3.63, 3.8) is 0 Å². The minimum Gasteiger partial charge on any atom is -0.343 e. The van der Waals surface area contributed by atoms with Crippen LogP contribution in [0.2, 0.25) is 0 Å². The molecule has 0 fully saturated rings. The van der Waals surface area contributed by atoms with Gasteiger partial charge in [0, 0.05) is 17.4 Å². The molecule has 4 rings (SSSR count). The van der Waals surface area contributed by atoms with Crippen molar-refractivity contribution in [2.75, 3.05) is 11.9 Å². The molecule has 33 heavy (non-hydrogen) atoms. The van der Waals surface area contributed by atoms with Gasteiger partial charge in [0.15, 0.2) is 0 Å². The van der Waals surface area contributed by atoms with E-state index in [1.807, 2.05) is 93.6 Å². The fraction of sp³-hybridized carbons (Fsp3) is 0.148. The molecular weight excluding hydrogens is 412 g/mol. The zero-order valence-electron chi connectivity index (χ0n) is 18.9. The van der Waals surface area contributed by atoms with Crippen LogP contribution in [0, 0.1) is 20.8 Å². The van der Waals surface area contributed by atoms with E-state index in [9.17, 15) is 9.59 Å². The van der Waals surface area contributed by atoms with Gasteiger partial charge in [0.25, 0.3) is 5.91 Å². The summed E-state index contributed by atoms with van der Waals surface area (Å²) in [5.74, 6) is -0.641. The summed E-state index contributed by atoms with van der Waals surface area (Å²) in [6, 6.07) is 23.3. The highest BCUT2D eigenvalue weighted by Crippen LogP contribution is 2.24. The highest BCUT2D eigenvalue weighted by Gasteiger charge is 2.19. The van der Waals surface area contributed by atoms with E-state index in [1.54, 1.807) is 10.9 Å². The average molecular weight is 439 g/mol. The van der Waals surface area contributed by atoms with Crippen molar-refractivity contribution in [2.45, 2.75) is 20.8 Å². The lowest BCUT2D eigenvalue weighted by molar-refractivity contribution is -0.115. The number of carbonyl (C=O) groups excluding carboxylic acids is 2. The predicted octanol–water partition coefficient (Wildman–Crippen LogP) is 4.83. The maximum Gasteiger partial charge on any atom is 0.255 e. The van der Waals surface area contributed by atoms with E-state index in [-0.39, 0.29) is 18.4 Å². The van der Waals surface area contributed by atoms with Crippen LogP contribution in [0.1, 0.15) is 27.0 Å². The number of hydrogen-bond donors (Lipinski definition) is 2. The maximum absolute atomic E-state index is 13.1. The minimum atomic E-state index is -0.357. The summed E-state index contributed by atoms with van der Waals surface area (Å²) in [6.45, 7) is 5.74. The van der Waals surface area contributed by atoms with Gasteiger partial charge in [-0.15, -0.1) is 0 Å². The number of nitrogens with one attached hydrogen (secondary N) is 2. The Balaban J connectivity index is 1.56. The van der Waals surface area contributed by atoms with Gasteiger partial charge in [-0.05, 0) is 44.0 Å². The van der Waals surface area contributed by atoms with Gasteiger partial charge in [-0.25, -0.2) is 4.68 Å². The Morgan fingerprint density at radius 1 is 0.848 bits per heavy atom. The van der Waals surface area contributed by atoms with Gasteiger partial charge in [0.05, 0.1) is 17.8 Å². The Morgan fingerprint density at radius 2 is 1.52 bits per heavy atom. The molecule has 0 saturated carbocycles. The van der Waals surface area contributed by atoms with Crippen molar-refractivity contribution in [1.82, 2.24) is 15.1 Å². The van der Waals surface area contributed by atoms with E-state index in [0.29, 0.717) is 11.3 Å². The van der Waals surface area contributed by atoms with E-state index in [1.165, 1.54) is 0 Å². The second-order valence-electron chi connectivity index (χ2n) is 8.04. The van der Waals surface area contributed by atoms with Gasteiger partial charge < -0.3 is 10.6 Å². The number of amides is 2. The number of aromatic nitrogens is 2. The molecule has 0 unspecified atom stereocenters. The van der Waals surface area contributed by atoms with E-state index in [2.05, 4.69) is 15.7 Å². The molecule has 4 aromatic rings. The highest BCUT2D eigenvalue weighted by atomic mass is 16.2. The molecule has 0 bridgehead atoms. The highest BCUT2D eigenvalue weighted by molar-refractivity contribution is 6.03. The molecule has 2 N–H and O–H groups in total. The van der Waals surface area contributed by atoms with Gasteiger partial charge in [0.1, 0.15) is 5.69 Å². The zero-order chi connectivity index (χ0) is 23.4. The Labute approximate surface area is 193 Å². The molecule has 2 amide bonds. The van der Waals surface area contributed by atoms with E-state index in [4.69, 9.17) is 0 Å². The molecule has 1 aromatic heterocycles. The van der Waals surface area contributed by atoms with Crippen LogP contribution >= 0.6 is 0 Å². The first kappa shape index (κ1) is 22.0. The van der Waals surface area contributed by atoms with E-state index < -0.39 is 0 Å². The number of carbonyl (C=O) groups is 2. The number of nitrogens with zero attached hydrogens (tertiary/aromatic N) is 2. The average Bonchev–Trinajstić information content (AvgIpc) is 3.27. The van der Waals surface area contributed by atoms with Crippen molar-refractivity contribution >= 4 is 17.5 Å². The molecule has 166 valence electrons. The fourth-order valence-corrected chi connectivity index (χ4v) is 3.63. The lowest BCUT2D eigenvalue weighted by Gasteiger charge is -2.12.